The van der Waals surface area contributed by atoms with Crippen LogP contribution in [0.5, 0.6) is 0 Å². The summed E-state index contributed by atoms with van der Waals surface area (Å²) in [5.74, 6) is 0. The molecule has 23 heavy (non-hydrogen) atoms. The number of carbonyl (C=O) groups excluding carboxylic acids is 1. The van der Waals surface area contributed by atoms with Crippen LogP contribution in [0.3, 0.4) is 0 Å². The molecule has 1 aliphatic rings. The van der Waals surface area contributed by atoms with Gasteiger partial charge in [0, 0.05) is 31.0 Å². The molecule has 0 bridgehead atoms. The van der Waals surface area contributed by atoms with E-state index in [0.717, 1.165) is 31.5 Å². The molecule has 1 atom stereocenters. The molecule has 0 unspecified atom stereocenters. The molecule has 0 aliphatic carbocycles. The van der Waals surface area contributed by atoms with Gasteiger partial charge in [0.25, 0.3) is 0 Å². The smallest absolute Gasteiger partial charge is 0.318 e. The zero-order valence-corrected chi connectivity index (χ0v) is 13.9. The van der Waals surface area contributed by atoms with E-state index in [1.807, 2.05) is 23.1 Å². The predicted octanol–water partition coefficient (Wildman–Crippen LogP) is 3.79. The molecule has 1 aromatic heterocycles. The lowest BCUT2D eigenvalue weighted by Gasteiger charge is -2.38. The van der Waals surface area contributed by atoms with Gasteiger partial charge in [-0.25, -0.2) is 4.79 Å². The largest absolute Gasteiger partial charge is 0.348 e. The molecule has 0 saturated carbocycles. The van der Waals surface area contributed by atoms with Crippen molar-refractivity contribution in [1.82, 2.24) is 14.8 Å². The Morgan fingerprint density at radius 1 is 1.13 bits per heavy atom. The number of hydrogen-bond acceptors (Lipinski definition) is 1. The first-order valence-corrected chi connectivity index (χ1v) is 8.51. The second-order valence-electron chi connectivity index (χ2n) is 6.10. The van der Waals surface area contributed by atoms with Crippen LogP contribution in [0.4, 0.5) is 4.79 Å². The quantitative estimate of drug-likeness (QED) is 0.916. The number of carbonyl (C=O) groups is 1. The third-order valence-corrected chi connectivity index (χ3v) is 4.73. The molecule has 0 spiro atoms. The van der Waals surface area contributed by atoms with E-state index in [1.165, 1.54) is 5.69 Å². The SMILES string of the molecule is CCC(CC)NC(=O)N1CCn2cccc2[C@H]1c1ccccc1. The average molecular weight is 311 g/mol. The first-order valence-electron chi connectivity index (χ1n) is 8.51. The molecule has 1 N–H and O–H groups in total. The van der Waals surface area contributed by atoms with Gasteiger partial charge in [-0.05, 0) is 30.5 Å². The molecule has 0 saturated heterocycles. The molecule has 0 radical (unpaired) electrons. The van der Waals surface area contributed by atoms with Crippen molar-refractivity contribution in [3.8, 4) is 0 Å². The zero-order valence-electron chi connectivity index (χ0n) is 13.9. The van der Waals surface area contributed by atoms with Crippen molar-refractivity contribution in [2.24, 2.45) is 0 Å². The Kier molecular flexibility index (Phi) is 4.70. The van der Waals surface area contributed by atoms with Crippen molar-refractivity contribution in [3.05, 3.63) is 59.9 Å². The maximum atomic E-state index is 12.8. The third kappa shape index (κ3) is 3.11. The topological polar surface area (TPSA) is 37.3 Å². The Bertz CT molecular complexity index is 646. The fraction of sp³-hybridized carbons (Fsp3) is 0.421. The van der Waals surface area contributed by atoms with E-state index in [1.54, 1.807) is 0 Å². The molecular formula is C19H25N3O. The number of fused-ring (bicyclic) bond motifs is 1. The summed E-state index contributed by atoms with van der Waals surface area (Å²) in [5, 5.41) is 3.19. The highest BCUT2D eigenvalue weighted by molar-refractivity contribution is 5.75. The van der Waals surface area contributed by atoms with Gasteiger partial charge in [0.1, 0.15) is 0 Å². The fourth-order valence-electron chi connectivity index (χ4n) is 3.34. The van der Waals surface area contributed by atoms with Gasteiger partial charge in [0.15, 0.2) is 0 Å². The van der Waals surface area contributed by atoms with Crippen molar-refractivity contribution >= 4 is 6.03 Å². The van der Waals surface area contributed by atoms with Crippen molar-refractivity contribution in [2.75, 3.05) is 6.54 Å². The maximum absolute atomic E-state index is 12.8. The summed E-state index contributed by atoms with van der Waals surface area (Å²) in [6.07, 6.45) is 4.02. The van der Waals surface area contributed by atoms with Crippen LogP contribution >= 0.6 is 0 Å². The lowest BCUT2D eigenvalue weighted by molar-refractivity contribution is 0.164. The summed E-state index contributed by atoms with van der Waals surface area (Å²) in [7, 11) is 0. The molecule has 0 fully saturated rings. The molecule has 1 aromatic carbocycles. The van der Waals surface area contributed by atoms with E-state index in [2.05, 4.69) is 54.2 Å². The zero-order chi connectivity index (χ0) is 16.2. The first kappa shape index (κ1) is 15.7. The van der Waals surface area contributed by atoms with Crippen LogP contribution in [-0.2, 0) is 6.54 Å². The summed E-state index contributed by atoms with van der Waals surface area (Å²) in [5.41, 5.74) is 2.34. The van der Waals surface area contributed by atoms with E-state index in [9.17, 15) is 4.79 Å². The lowest BCUT2D eigenvalue weighted by Crippen LogP contribution is -2.49. The summed E-state index contributed by atoms with van der Waals surface area (Å²) in [6.45, 7) is 5.81. The van der Waals surface area contributed by atoms with Crippen molar-refractivity contribution in [1.29, 1.82) is 0 Å². The minimum Gasteiger partial charge on any atom is -0.348 e. The number of nitrogens with zero attached hydrogens (tertiary/aromatic N) is 2. The van der Waals surface area contributed by atoms with E-state index in [4.69, 9.17) is 0 Å². The van der Waals surface area contributed by atoms with Gasteiger partial charge in [0.05, 0.1) is 6.04 Å². The molecule has 4 nitrogen and oxygen atoms in total. The van der Waals surface area contributed by atoms with Crippen LogP contribution in [0.25, 0.3) is 0 Å². The number of rotatable bonds is 4. The Hall–Kier alpha value is -2.23. The van der Waals surface area contributed by atoms with Gasteiger partial charge >= 0.3 is 6.03 Å². The average Bonchev–Trinajstić information content (AvgIpc) is 3.08. The van der Waals surface area contributed by atoms with Gasteiger partial charge in [-0.15, -0.1) is 0 Å². The molecule has 1 aliphatic heterocycles. The molecule has 4 heteroatoms. The summed E-state index contributed by atoms with van der Waals surface area (Å²) < 4.78 is 2.25. The second kappa shape index (κ2) is 6.90. The molecule has 2 amide bonds. The van der Waals surface area contributed by atoms with Gasteiger partial charge < -0.3 is 14.8 Å². The van der Waals surface area contributed by atoms with Crippen LogP contribution in [0, 0.1) is 0 Å². The fourth-order valence-corrected chi connectivity index (χ4v) is 3.34. The van der Waals surface area contributed by atoms with Crippen molar-refractivity contribution < 1.29 is 4.79 Å². The Balaban J connectivity index is 1.91. The number of hydrogen-bond donors (Lipinski definition) is 1. The normalized spacial score (nSPS) is 17.2. The Labute approximate surface area is 138 Å². The first-order chi connectivity index (χ1) is 11.2. The summed E-state index contributed by atoms with van der Waals surface area (Å²) in [6, 6.07) is 14.7. The molecule has 3 rings (SSSR count). The van der Waals surface area contributed by atoms with E-state index in [0.29, 0.717) is 0 Å². The second-order valence-corrected chi connectivity index (χ2v) is 6.10. The minimum atomic E-state index is -0.0192. The van der Waals surface area contributed by atoms with Gasteiger partial charge in [0.2, 0.25) is 0 Å². The number of nitrogens with one attached hydrogen (secondary N) is 1. The molecule has 2 heterocycles. The minimum absolute atomic E-state index is 0.0192. The number of amides is 2. The standard InChI is InChI=1S/C19H25N3O/c1-3-16(4-2)20-19(23)22-14-13-21-12-8-11-17(21)18(22)15-9-6-5-7-10-15/h5-12,16,18H,3-4,13-14H2,1-2H3,(H,20,23)/t18-/m1/s1. The highest BCUT2D eigenvalue weighted by Gasteiger charge is 2.32. The van der Waals surface area contributed by atoms with Gasteiger partial charge in [-0.3, -0.25) is 0 Å². The summed E-state index contributed by atoms with van der Waals surface area (Å²) >= 11 is 0. The molecule has 122 valence electrons. The Morgan fingerprint density at radius 2 is 1.87 bits per heavy atom. The van der Waals surface area contributed by atoms with Gasteiger partial charge in [-0.1, -0.05) is 44.2 Å². The summed E-state index contributed by atoms with van der Waals surface area (Å²) in [4.78, 5) is 14.8. The maximum Gasteiger partial charge on any atom is 0.318 e. The van der Waals surface area contributed by atoms with E-state index < -0.39 is 0 Å². The number of benzene rings is 1. The number of aromatic nitrogens is 1. The highest BCUT2D eigenvalue weighted by atomic mass is 16.2. The monoisotopic (exact) mass is 311 g/mol. The molecular weight excluding hydrogens is 286 g/mol. The van der Waals surface area contributed by atoms with E-state index in [-0.39, 0.29) is 18.1 Å². The van der Waals surface area contributed by atoms with Crippen molar-refractivity contribution in [2.45, 2.75) is 45.3 Å². The van der Waals surface area contributed by atoms with Crippen LogP contribution in [-0.4, -0.2) is 28.1 Å². The number of urea groups is 1. The lowest BCUT2D eigenvalue weighted by atomic mass is 10.0. The van der Waals surface area contributed by atoms with Gasteiger partial charge in [-0.2, -0.15) is 0 Å². The van der Waals surface area contributed by atoms with E-state index >= 15 is 0 Å². The van der Waals surface area contributed by atoms with Crippen LogP contribution < -0.4 is 5.32 Å². The Morgan fingerprint density at radius 3 is 2.57 bits per heavy atom. The van der Waals surface area contributed by atoms with Crippen LogP contribution in [0.2, 0.25) is 0 Å². The molecule has 2 aromatic rings. The third-order valence-electron chi connectivity index (χ3n) is 4.73. The highest BCUT2D eigenvalue weighted by Crippen LogP contribution is 2.32. The van der Waals surface area contributed by atoms with Crippen molar-refractivity contribution in [3.63, 3.8) is 0 Å². The van der Waals surface area contributed by atoms with Crippen LogP contribution in [0.15, 0.2) is 48.7 Å². The predicted molar refractivity (Wildman–Crippen MR) is 92.3 cm³/mol. The van der Waals surface area contributed by atoms with Crippen LogP contribution in [0.1, 0.15) is 44.0 Å².